The van der Waals surface area contributed by atoms with Crippen molar-refractivity contribution in [3.05, 3.63) is 60.0 Å². The van der Waals surface area contributed by atoms with Crippen molar-refractivity contribution in [2.75, 3.05) is 0 Å². The van der Waals surface area contributed by atoms with E-state index < -0.39 is 0 Å². The smallest absolute Gasteiger partial charge is 0.0705 e. The molecule has 0 spiro atoms. The van der Waals surface area contributed by atoms with E-state index in [1.165, 1.54) is 5.39 Å². The van der Waals surface area contributed by atoms with E-state index in [1.807, 2.05) is 30.6 Å². The summed E-state index contributed by atoms with van der Waals surface area (Å²) in [6.07, 6.45) is 3.75. The van der Waals surface area contributed by atoms with Gasteiger partial charge in [0.1, 0.15) is 0 Å². The van der Waals surface area contributed by atoms with E-state index in [0.717, 1.165) is 23.3 Å². The van der Waals surface area contributed by atoms with Gasteiger partial charge in [-0.25, -0.2) is 0 Å². The number of pyridine rings is 1. The summed E-state index contributed by atoms with van der Waals surface area (Å²) in [5.74, 6) is 0. The van der Waals surface area contributed by atoms with Gasteiger partial charge in [-0.15, -0.1) is 0 Å². The monoisotopic (exact) mass is 252 g/mol. The molecule has 1 aromatic carbocycles. The third-order valence-corrected chi connectivity index (χ3v) is 3.26. The molecule has 0 saturated carbocycles. The van der Waals surface area contributed by atoms with Crippen molar-refractivity contribution in [2.24, 2.45) is 0 Å². The number of H-pyrrole nitrogens is 1. The van der Waals surface area contributed by atoms with E-state index in [4.69, 9.17) is 0 Å². The van der Waals surface area contributed by atoms with Crippen LogP contribution in [0.15, 0.2) is 48.8 Å². The Morgan fingerprint density at radius 2 is 2.11 bits per heavy atom. The Morgan fingerprint density at radius 3 is 2.95 bits per heavy atom. The zero-order valence-corrected chi connectivity index (χ0v) is 10.8. The van der Waals surface area contributed by atoms with E-state index in [0.29, 0.717) is 0 Å². The van der Waals surface area contributed by atoms with Crippen LogP contribution in [0.25, 0.3) is 10.9 Å². The van der Waals surface area contributed by atoms with Crippen molar-refractivity contribution in [3.63, 3.8) is 0 Å². The van der Waals surface area contributed by atoms with Crippen molar-refractivity contribution in [1.29, 1.82) is 0 Å². The summed E-state index contributed by atoms with van der Waals surface area (Å²) >= 11 is 0. The van der Waals surface area contributed by atoms with Crippen LogP contribution in [-0.4, -0.2) is 15.2 Å². The van der Waals surface area contributed by atoms with Gasteiger partial charge in [-0.3, -0.25) is 10.1 Å². The molecule has 2 heterocycles. The number of para-hydroxylation sites is 1. The molecule has 0 saturated heterocycles. The minimum atomic E-state index is 0.257. The van der Waals surface area contributed by atoms with Crippen molar-refractivity contribution < 1.29 is 0 Å². The highest BCUT2D eigenvalue weighted by Gasteiger charge is 2.06. The number of rotatable bonds is 4. The lowest BCUT2D eigenvalue weighted by atomic mass is 10.2. The lowest BCUT2D eigenvalue weighted by molar-refractivity contribution is 0.569. The molecule has 0 fully saturated rings. The van der Waals surface area contributed by atoms with Crippen LogP contribution in [0.1, 0.15) is 24.2 Å². The maximum absolute atomic E-state index is 4.64. The van der Waals surface area contributed by atoms with Gasteiger partial charge >= 0.3 is 0 Å². The first kappa shape index (κ1) is 11.9. The molecule has 0 aliphatic rings. The second-order valence-corrected chi connectivity index (χ2v) is 4.63. The van der Waals surface area contributed by atoms with Gasteiger partial charge in [-0.2, -0.15) is 5.10 Å². The zero-order valence-electron chi connectivity index (χ0n) is 10.8. The molecular weight excluding hydrogens is 236 g/mol. The SMILES string of the molecule is CC(NCc1ccc2ccccc2n1)c1cn[nH]c1. The molecule has 19 heavy (non-hydrogen) atoms. The fourth-order valence-electron chi connectivity index (χ4n) is 2.08. The van der Waals surface area contributed by atoms with Crippen molar-refractivity contribution in [2.45, 2.75) is 19.5 Å². The largest absolute Gasteiger partial charge is 0.304 e. The van der Waals surface area contributed by atoms with Gasteiger partial charge in [-0.1, -0.05) is 24.3 Å². The van der Waals surface area contributed by atoms with Crippen molar-refractivity contribution >= 4 is 10.9 Å². The fourth-order valence-corrected chi connectivity index (χ4v) is 2.08. The van der Waals surface area contributed by atoms with E-state index in [9.17, 15) is 0 Å². The molecule has 0 amide bonds. The molecule has 0 bridgehead atoms. The third kappa shape index (κ3) is 2.63. The predicted molar refractivity (Wildman–Crippen MR) is 75.6 cm³/mol. The van der Waals surface area contributed by atoms with Crippen molar-refractivity contribution in [1.82, 2.24) is 20.5 Å². The molecule has 0 aliphatic heterocycles. The standard InChI is InChI=1S/C15H16N4/c1-11(13-8-17-18-9-13)16-10-14-7-6-12-4-2-3-5-15(12)19-14/h2-9,11,16H,10H2,1H3,(H,17,18). The van der Waals surface area contributed by atoms with Crippen LogP contribution in [0.4, 0.5) is 0 Å². The number of aromatic nitrogens is 3. The number of aromatic amines is 1. The Morgan fingerprint density at radius 1 is 1.21 bits per heavy atom. The Labute approximate surface area is 111 Å². The number of hydrogen-bond donors (Lipinski definition) is 2. The zero-order chi connectivity index (χ0) is 13.1. The third-order valence-electron chi connectivity index (χ3n) is 3.26. The minimum absolute atomic E-state index is 0.257. The summed E-state index contributed by atoms with van der Waals surface area (Å²) in [7, 11) is 0. The summed E-state index contributed by atoms with van der Waals surface area (Å²) in [5.41, 5.74) is 3.24. The summed E-state index contributed by atoms with van der Waals surface area (Å²) < 4.78 is 0. The molecule has 0 aliphatic carbocycles. The van der Waals surface area contributed by atoms with Crippen LogP contribution >= 0.6 is 0 Å². The number of nitrogens with one attached hydrogen (secondary N) is 2. The lowest BCUT2D eigenvalue weighted by Gasteiger charge is -2.11. The van der Waals surface area contributed by atoms with Crippen LogP contribution in [0.3, 0.4) is 0 Å². The average molecular weight is 252 g/mol. The molecule has 96 valence electrons. The maximum atomic E-state index is 4.64. The highest BCUT2D eigenvalue weighted by molar-refractivity contribution is 5.78. The number of fused-ring (bicyclic) bond motifs is 1. The van der Waals surface area contributed by atoms with Crippen LogP contribution in [-0.2, 0) is 6.54 Å². The van der Waals surface area contributed by atoms with Gasteiger partial charge in [0.05, 0.1) is 17.4 Å². The van der Waals surface area contributed by atoms with Gasteiger partial charge in [0.15, 0.2) is 0 Å². The summed E-state index contributed by atoms with van der Waals surface area (Å²) in [4.78, 5) is 4.64. The highest BCUT2D eigenvalue weighted by atomic mass is 15.1. The first-order chi connectivity index (χ1) is 9.33. The fraction of sp³-hybridized carbons (Fsp3) is 0.200. The van der Waals surface area contributed by atoms with Crippen LogP contribution in [0.2, 0.25) is 0 Å². The molecule has 3 aromatic rings. The molecule has 1 atom stereocenters. The van der Waals surface area contributed by atoms with Gasteiger partial charge in [0.2, 0.25) is 0 Å². The number of benzene rings is 1. The van der Waals surface area contributed by atoms with Crippen LogP contribution < -0.4 is 5.32 Å². The molecule has 2 N–H and O–H groups in total. The second-order valence-electron chi connectivity index (χ2n) is 4.63. The molecule has 3 rings (SSSR count). The van der Waals surface area contributed by atoms with E-state index >= 15 is 0 Å². The topological polar surface area (TPSA) is 53.6 Å². The molecule has 1 unspecified atom stereocenters. The van der Waals surface area contributed by atoms with E-state index in [1.54, 1.807) is 0 Å². The summed E-state index contributed by atoms with van der Waals surface area (Å²) in [6, 6.07) is 12.6. The maximum Gasteiger partial charge on any atom is 0.0705 e. The van der Waals surface area contributed by atoms with E-state index in [2.05, 4.69) is 45.6 Å². The molecular formula is C15H16N4. The highest BCUT2D eigenvalue weighted by Crippen LogP contribution is 2.13. The second kappa shape index (κ2) is 5.20. The van der Waals surface area contributed by atoms with Gasteiger partial charge in [0.25, 0.3) is 0 Å². The molecule has 4 heteroatoms. The molecule has 0 radical (unpaired) electrons. The van der Waals surface area contributed by atoms with Crippen LogP contribution in [0, 0.1) is 0 Å². The average Bonchev–Trinajstić information content (AvgIpc) is 2.99. The van der Waals surface area contributed by atoms with Gasteiger partial charge in [0, 0.05) is 29.7 Å². The molecule has 2 aromatic heterocycles. The van der Waals surface area contributed by atoms with Crippen LogP contribution in [0.5, 0.6) is 0 Å². The molecule has 4 nitrogen and oxygen atoms in total. The van der Waals surface area contributed by atoms with Gasteiger partial charge < -0.3 is 5.32 Å². The quantitative estimate of drug-likeness (QED) is 0.750. The summed E-state index contributed by atoms with van der Waals surface area (Å²) in [6.45, 7) is 2.86. The first-order valence-electron chi connectivity index (χ1n) is 6.39. The Bertz CT molecular complexity index is 661. The lowest BCUT2D eigenvalue weighted by Crippen LogP contribution is -2.18. The number of nitrogens with zero attached hydrogens (tertiary/aromatic N) is 2. The Balaban J connectivity index is 1.71. The van der Waals surface area contributed by atoms with E-state index in [-0.39, 0.29) is 6.04 Å². The summed E-state index contributed by atoms with van der Waals surface area (Å²) in [5, 5.41) is 11.4. The number of hydrogen-bond acceptors (Lipinski definition) is 3. The predicted octanol–water partition coefficient (Wildman–Crippen LogP) is 2.81. The Hall–Kier alpha value is -2.20. The van der Waals surface area contributed by atoms with Crippen molar-refractivity contribution in [3.8, 4) is 0 Å². The van der Waals surface area contributed by atoms with Gasteiger partial charge in [-0.05, 0) is 19.1 Å². The minimum Gasteiger partial charge on any atom is -0.304 e. The normalized spacial score (nSPS) is 12.7. The Kier molecular flexibility index (Phi) is 3.25. The first-order valence-corrected chi connectivity index (χ1v) is 6.39.